The van der Waals surface area contributed by atoms with E-state index in [-0.39, 0.29) is 5.91 Å². The third-order valence-corrected chi connectivity index (χ3v) is 4.59. The molecule has 7 heteroatoms. The molecule has 1 unspecified atom stereocenters. The van der Waals surface area contributed by atoms with Crippen LogP contribution < -0.4 is 5.32 Å². The number of nitrogens with zero attached hydrogens (tertiary/aromatic N) is 4. The van der Waals surface area contributed by atoms with Crippen LogP contribution in [0.5, 0.6) is 0 Å². The highest BCUT2D eigenvalue weighted by Gasteiger charge is 2.19. The van der Waals surface area contributed by atoms with E-state index in [2.05, 4.69) is 34.6 Å². The van der Waals surface area contributed by atoms with E-state index in [9.17, 15) is 4.79 Å². The fourth-order valence-electron chi connectivity index (χ4n) is 2.61. The van der Waals surface area contributed by atoms with Crippen molar-refractivity contribution in [3.05, 3.63) is 64.6 Å². The average molecular weight is 358 g/mol. The summed E-state index contributed by atoms with van der Waals surface area (Å²) in [6.45, 7) is 6.33. The van der Waals surface area contributed by atoms with Crippen LogP contribution in [0.3, 0.4) is 0 Å². The molecule has 0 spiro atoms. The van der Waals surface area contributed by atoms with Crippen molar-refractivity contribution in [3.8, 4) is 0 Å². The first-order valence-electron chi connectivity index (χ1n) is 8.04. The smallest absolute Gasteiger partial charge is 0.250 e. The van der Waals surface area contributed by atoms with Gasteiger partial charge in [0.1, 0.15) is 6.04 Å². The highest BCUT2D eigenvalue weighted by Crippen LogP contribution is 2.19. The number of amides is 1. The Kier molecular flexibility index (Phi) is 4.90. The lowest BCUT2D eigenvalue weighted by atomic mass is 10.1. The van der Waals surface area contributed by atoms with Gasteiger partial charge in [-0.3, -0.25) is 14.2 Å². The molecule has 6 nitrogen and oxygen atoms in total. The van der Waals surface area contributed by atoms with E-state index in [1.54, 1.807) is 22.4 Å². The third-order valence-electron chi connectivity index (χ3n) is 4.22. The minimum absolute atomic E-state index is 0.191. The van der Waals surface area contributed by atoms with Crippen LogP contribution in [0.15, 0.2) is 42.7 Å². The van der Waals surface area contributed by atoms with E-state index >= 15 is 0 Å². The lowest BCUT2D eigenvalue weighted by molar-refractivity contribution is -0.119. The molecule has 2 aromatic heterocycles. The molecule has 0 fully saturated rings. The van der Waals surface area contributed by atoms with Crippen molar-refractivity contribution in [3.63, 3.8) is 0 Å². The van der Waals surface area contributed by atoms with Crippen molar-refractivity contribution in [2.45, 2.75) is 33.4 Å². The van der Waals surface area contributed by atoms with Gasteiger partial charge in [0.15, 0.2) is 5.82 Å². The zero-order chi connectivity index (χ0) is 18.0. The molecule has 130 valence electrons. The number of carbonyl (C=O) groups excluding carboxylic acids is 1. The Balaban J connectivity index is 1.68. The summed E-state index contributed by atoms with van der Waals surface area (Å²) in [6.07, 6.45) is 3.39. The summed E-state index contributed by atoms with van der Waals surface area (Å²) in [5, 5.41) is 11.9. The maximum atomic E-state index is 12.4. The molecule has 1 atom stereocenters. The van der Waals surface area contributed by atoms with E-state index in [1.165, 1.54) is 17.3 Å². The molecule has 0 radical (unpaired) electrons. The highest BCUT2D eigenvalue weighted by atomic mass is 35.5. The monoisotopic (exact) mass is 357 g/mol. The summed E-state index contributed by atoms with van der Waals surface area (Å²) in [5.74, 6) is 0.324. The molecule has 0 saturated carbocycles. The number of rotatable bonds is 5. The fraction of sp³-hybridized carbons (Fsp3) is 0.278. The second kappa shape index (κ2) is 7.11. The standard InChI is InChI=1S/C18H20ClN5O/c1-12-6-4-5-7-15(12)11-23-9-8-17(22-23)21-18(25)14(3)24-13(2)16(19)10-20-24/h4-10,14H,11H2,1-3H3,(H,21,22,25). The number of aromatic nitrogens is 4. The van der Waals surface area contributed by atoms with Gasteiger partial charge in [-0.2, -0.15) is 10.2 Å². The molecular weight excluding hydrogens is 338 g/mol. The topological polar surface area (TPSA) is 64.7 Å². The predicted molar refractivity (Wildman–Crippen MR) is 97.8 cm³/mol. The van der Waals surface area contributed by atoms with Crippen LogP contribution in [0.4, 0.5) is 5.82 Å². The van der Waals surface area contributed by atoms with Gasteiger partial charge in [-0.25, -0.2) is 0 Å². The summed E-state index contributed by atoms with van der Waals surface area (Å²) in [7, 11) is 0. The van der Waals surface area contributed by atoms with E-state index < -0.39 is 6.04 Å². The lowest BCUT2D eigenvalue weighted by Gasteiger charge is -2.13. The molecule has 0 saturated heterocycles. The number of aryl methyl sites for hydroxylation is 1. The minimum Gasteiger partial charge on any atom is -0.307 e. The Bertz CT molecular complexity index is 899. The van der Waals surface area contributed by atoms with Crippen molar-refractivity contribution in [2.24, 2.45) is 0 Å². The van der Waals surface area contributed by atoms with Crippen molar-refractivity contribution in [1.82, 2.24) is 19.6 Å². The number of carbonyl (C=O) groups is 1. The zero-order valence-electron chi connectivity index (χ0n) is 14.4. The van der Waals surface area contributed by atoms with Crippen molar-refractivity contribution in [1.29, 1.82) is 0 Å². The number of hydrogen-bond donors (Lipinski definition) is 1. The molecule has 0 aliphatic carbocycles. The Hall–Kier alpha value is -2.60. The van der Waals surface area contributed by atoms with Gasteiger partial charge in [-0.05, 0) is 31.9 Å². The molecule has 0 aliphatic heterocycles. The lowest BCUT2D eigenvalue weighted by Crippen LogP contribution is -2.25. The largest absolute Gasteiger partial charge is 0.307 e. The zero-order valence-corrected chi connectivity index (χ0v) is 15.2. The van der Waals surface area contributed by atoms with Crippen LogP contribution in [0.25, 0.3) is 0 Å². The van der Waals surface area contributed by atoms with Crippen molar-refractivity contribution >= 4 is 23.3 Å². The molecule has 2 heterocycles. The van der Waals surface area contributed by atoms with Gasteiger partial charge >= 0.3 is 0 Å². The predicted octanol–water partition coefficient (Wildman–Crippen LogP) is 3.60. The van der Waals surface area contributed by atoms with Crippen molar-refractivity contribution in [2.75, 3.05) is 5.32 Å². The molecule has 1 aromatic carbocycles. The van der Waals surface area contributed by atoms with Crippen LogP contribution in [-0.4, -0.2) is 25.5 Å². The Morgan fingerprint density at radius 2 is 2.04 bits per heavy atom. The van der Waals surface area contributed by atoms with Crippen LogP contribution in [-0.2, 0) is 11.3 Å². The van der Waals surface area contributed by atoms with Crippen molar-refractivity contribution < 1.29 is 4.79 Å². The van der Waals surface area contributed by atoms with Crippen LogP contribution in [0, 0.1) is 13.8 Å². The molecule has 3 aromatic rings. The molecule has 0 bridgehead atoms. The number of halogens is 1. The second-order valence-electron chi connectivity index (χ2n) is 6.01. The van der Waals surface area contributed by atoms with Gasteiger partial charge in [-0.15, -0.1) is 0 Å². The molecule has 25 heavy (non-hydrogen) atoms. The maximum Gasteiger partial charge on any atom is 0.250 e. The quantitative estimate of drug-likeness (QED) is 0.758. The van der Waals surface area contributed by atoms with E-state index in [0.717, 1.165) is 5.69 Å². The molecule has 1 amide bonds. The highest BCUT2D eigenvalue weighted by molar-refractivity contribution is 6.31. The molecule has 1 N–H and O–H groups in total. The maximum absolute atomic E-state index is 12.4. The third kappa shape index (κ3) is 3.74. The second-order valence-corrected chi connectivity index (χ2v) is 6.42. The first-order chi connectivity index (χ1) is 12.0. The molecule has 0 aliphatic rings. The molecule has 3 rings (SSSR count). The van der Waals surface area contributed by atoms with Crippen LogP contribution in [0.2, 0.25) is 5.02 Å². The van der Waals surface area contributed by atoms with Crippen LogP contribution >= 0.6 is 11.6 Å². The molecular formula is C18H20ClN5O. The average Bonchev–Trinajstić information content (AvgIpc) is 3.16. The fourth-order valence-corrected chi connectivity index (χ4v) is 2.74. The van der Waals surface area contributed by atoms with E-state index in [0.29, 0.717) is 17.4 Å². The number of hydrogen-bond acceptors (Lipinski definition) is 3. The van der Waals surface area contributed by atoms with E-state index in [4.69, 9.17) is 11.6 Å². The Morgan fingerprint density at radius 3 is 2.72 bits per heavy atom. The number of benzene rings is 1. The van der Waals surface area contributed by atoms with Gasteiger partial charge < -0.3 is 5.32 Å². The summed E-state index contributed by atoms with van der Waals surface area (Å²) >= 11 is 6.00. The minimum atomic E-state index is -0.478. The van der Waals surface area contributed by atoms with Crippen LogP contribution in [0.1, 0.15) is 29.8 Å². The number of anilines is 1. The first kappa shape index (κ1) is 17.2. The van der Waals surface area contributed by atoms with Gasteiger partial charge in [0.25, 0.3) is 0 Å². The summed E-state index contributed by atoms with van der Waals surface area (Å²) < 4.78 is 3.40. The van der Waals surface area contributed by atoms with E-state index in [1.807, 2.05) is 25.3 Å². The normalized spacial score (nSPS) is 12.2. The van der Waals surface area contributed by atoms with Gasteiger partial charge in [0.2, 0.25) is 5.91 Å². The first-order valence-corrected chi connectivity index (χ1v) is 8.42. The number of nitrogens with one attached hydrogen (secondary N) is 1. The Labute approximate surface area is 151 Å². The van der Waals surface area contributed by atoms with Gasteiger partial charge in [0.05, 0.1) is 23.5 Å². The Morgan fingerprint density at radius 1 is 1.28 bits per heavy atom. The summed E-state index contributed by atoms with van der Waals surface area (Å²) in [6, 6.07) is 9.47. The summed E-state index contributed by atoms with van der Waals surface area (Å²) in [5.41, 5.74) is 3.16. The van der Waals surface area contributed by atoms with Gasteiger partial charge in [-0.1, -0.05) is 35.9 Å². The van der Waals surface area contributed by atoms with Gasteiger partial charge in [0, 0.05) is 12.3 Å². The summed E-state index contributed by atoms with van der Waals surface area (Å²) in [4.78, 5) is 12.4. The SMILES string of the molecule is Cc1ccccc1Cn1ccc(NC(=O)C(C)n2ncc(Cl)c2C)n1.